The number of aliphatic hydroxyl groups excluding tert-OH is 2. The molecule has 0 aromatic carbocycles. The highest BCUT2D eigenvalue weighted by atomic mass is 16.5. The van der Waals surface area contributed by atoms with Gasteiger partial charge >= 0.3 is 5.97 Å². The molecule has 0 heterocycles. The summed E-state index contributed by atoms with van der Waals surface area (Å²) >= 11 is 0. The van der Waals surface area contributed by atoms with Gasteiger partial charge in [0.15, 0.2) is 0 Å². The minimum Gasteiger partial charge on any atom is -0.466 e. The largest absolute Gasteiger partial charge is 0.466 e. The smallest absolute Gasteiger partial charge is 0.305 e. The van der Waals surface area contributed by atoms with Gasteiger partial charge in [-0.3, -0.25) is 9.59 Å². The van der Waals surface area contributed by atoms with Gasteiger partial charge in [-0.15, -0.1) is 0 Å². The molecule has 6 nitrogen and oxygen atoms in total. The Morgan fingerprint density at radius 2 is 0.667 bits per heavy atom. The average Bonchev–Trinajstić information content (AvgIpc) is 3.41. The predicted octanol–water partition coefficient (Wildman–Crippen LogP) is 21.1. The van der Waals surface area contributed by atoms with Crippen molar-refractivity contribution < 1.29 is 24.5 Å². The summed E-state index contributed by atoms with van der Waals surface area (Å²) in [7, 11) is 0. The van der Waals surface area contributed by atoms with Crippen molar-refractivity contribution in [2.45, 2.75) is 353 Å². The summed E-state index contributed by atoms with van der Waals surface area (Å²) in [5.41, 5.74) is 0. The van der Waals surface area contributed by atoms with Gasteiger partial charge < -0.3 is 20.3 Å². The van der Waals surface area contributed by atoms with E-state index in [1.165, 1.54) is 257 Å². The molecule has 0 aliphatic carbocycles. The minimum atomic E-state index is -0.845. The van der Waals surface area contributed by atoms with Gasteiger partial charge in [-0.2, -0.15) is 0 Å². The van der Waals surface area contributed by atoms with Gasteiger partial charge in [-0.05, 0) is 96.3 Å². The first-order valence-corrected chi connectivity index (χ1v) is 33.1. The van der Waals surface area contributed by atoms with Crippen molar-refractivity contribution in [3.05, 3.63) is 60.8 Å². The third kappa shape index (κ3) is 60.6. The second-order valence-electron chi connectivity index (χ2n) is 22.4. The maximum Gasteiger partial charge on any atom is 0.305 e. The Bertz CT molecular complexity index is 1300. The monoisotopic (exact) mass is 1050 g/mol. The van der Waals surface area contributed by atoms with Crippen LogP contribution < -0.4 is 5.32 Å². The molecule has 438 valence electrons. The number of amides is 1. The zero-order chi connectivity index (χ0) is 54.3. The Morgan fingerprint density at radius 3 is 1.04 bits per heavy atom. The molecule has 0 radical (unpaired) electrons. The van der Waals surface area contributed by atoms with Gasteiger partial charge in [0, 0.05) is 12.8 Å². The molecule has 0 rings (SSSR count). The SMILES string of the molecule is CCCCC/C=C\C/C=C\CCCCCCCCCC(=O)OCCCCCCCCCCC/C=C\C/C=C\CCCCCCCCCCCCCCCC(=O)NC(CO)C(O)/C=C/CCCCCCCCCCCC. The van der Waals surface area contributed by atoms with Gasteiger partial charge in [0.25, 0.3) is 0 Å². The lowest BCUT2D eigenvalue weighted by Gasteiger charge is -2.20. The Morgan fingerprint density at radius 1 is 0.373 bits per heavy atom. The summed E-state index contributed by atoms with van der Waals surface area (Å²) in [6.07, 6.45) is 84.2. The molecule has 0 aromatic rings. The molecule has 0 saturated carbocycles. The first-order valence-electron chi connectivity index (χ1n) is 33.1. The Labute approximate surface area is 467 Å². The van der Waals surface area contributed by atoms with Crippen molar-refractivity contribution in [2.75, 3.05) is 13.2 Å². The number of hydrogen-bond acceptors (Lipinski definition) is 5. The number of ether oxygens (including phenoxy) is 1. The molecule has 2 unspecified atom stereocenters. The first kappa shape index (κ1) is 72.6. The topological polar surface area (TPSA) is 95.9 Å². The molecule has 2 atom stereocenters. The van der Waals surface area contributed by atoms with Crippen LogP contribution in [0.5, 0.6) is 0 Å². The van der Waals surface area contributed by atoms with Crippen LogP contribution in [0.1, 0.15) is 341 Å². The molecule has 0 saturated heterocycles. The summed E-state index contributed by atoms with van der Waals surface area (Å²) in [5, 5.41) is 23.1. The number of esters is 1. The molecule has 0 aliphatic rings. The van der Waals surface area contributed by atoms with Crippen LogP contribution in [-0.2, 0) is 14.3 Å². The van der Waals surface area contributed by atoms with E-state index in [4.69, 9.17) is 4.74 Å². The van der Waals surface area contributed by atoms with Crippen LogP contribution >= 0.6 is 0 Å². The first-order chi connectivity index (χ1) is 37.0. The maximum atomic E-state index is 12.4. The van der Waals surface area contributed by atoms with Gasteiger partial charge in [0.05, 0.1) is 25.4 Å². The number of aliphatic hydroxyl groups is 2. The van der Waals surface area contributed by atoms with E-state index in [0.717, 1.165) is 57.8 Å². The van der Waals surface area contributed by atoms with E-state index in [0.29, 0.717) is 19.4 Å². The quantitative estimate of drug-likeness (QED) is 0.0320. The van der Waals surface area contributed by atoms with E-state index in [1.807, 2.05) is 6.08 Å². The summed E-state index contributed by atoms with van der Waals surface area (Å²) in [4.78, 5) is 24.5. The second-order valence-corrected chi connectivity index (χ2v) is 22.4. The summed E-state index contributed by atoms with van der Waals surface area (Å²) in [6, 6.07) is -0.629. The van der Waals surface area contributed by atoms with E-state index in [1.54, 1.807) is 6.08 Å². The lowest BCUT2D eigenvalue weighted by atomic mass is 10.0. The molecular formula is C69H127NO5. The summed E-state index contributed by atoms with van der Waals surface area (Å²) < 4.78 is 5.49. The van der Waals surface area contributed by atoms with E-state index in [-0.39, 0.29) is 18.5 Å². The van der Waals surface area contributed by atoms with E-state index >= 15 is 0 Å². The van der Waals surface area contributed by atoms with Gasteiger partial charge in [-0.1, -0.05) is 293 Å². The predicted molar refractivity (Wildman–Crippen MR) is 328 cm³/mol. The van der Waals surface area contributed by atoms with Crippen molar-refractivity contribution in [2.24, 2.45) is 0 Å². The van der Waals surface area contributed by atoms with Crippen LogP contribution in [0.3, 0.4) is 0 Å². The number of unbranched alkanes of at least 4 members (excludes halogenated alkanes) is 42. The Kier molecular flexibility index (Phi) is 62.0. The van der Waals surface area contributed by atoms with Crippen molar-refractivity contribution >= 4 is 11.9 Å². The third-order valence-corrected chi connectivity index (χ3v) is 15.0. The van der Waals surface area contributed by atoms with Crippen LogP contribution in [0, 0.1) is 0 Å². The molecule has 0 spiro atoms. The highest BCUT2D eigenvalue weighted by molar-refractivity contribution is 5.76. The highest BCUT2D eigenvalue weighted by Crippen LogP contribution is 2.17. The van der Waals surface area contributed by atoms with Crippen molar-refractivity contribution in [1.82, 2.24) is 5.32 Å². The number of hydrogen-bond donors (Lipinski definition) is 3. The highest BCUT2D eigenvalue weighted by Gasteiger charge is 2.18. The molecule has 75 heavy (non-hydrogen) atoms. The normalized spacial score (nSPS) is 13.0. The number of carbonyl (C=O) groups excluding carboxylic acids is 2. The molecule has 0 bridgehead atoms. The lowest BCUT2D eigenvalue weighted by molar-refractivity contribution is -0.143. The third-order valence-electron chi connectivity index (χ3n) is 15.0. The molecular weight excluding hydrogens is 923 g/mol. The van der Waals surface area contributed by atoms with Gasteiger partial charge in [0.1, 0.15) is 0 Å². The number of allylic oxidation sites excluding steroid dienone is 9. The van der Waals surface area contributed by atoms with Gasteiger partial charge in [-0.25, -0.2) is 0 Å². The minimum absolute atomic E-state index is 0.00346. The van der Waals surface area contributed by atoms with Crippen LogP contribution in [0.25, 0.3) is 0 Å². The molecule has 6 heteroatoms. The second kappa shape index (κ2) is 64.1. The standard InChI is InChI=1S/C69H127NO5/c1-3-5-7-9-11-13-15-17-18-32-36-39-43-47-51-55-59-63-69(74)75-64-60-56-52-48-44-40-37-34-31-29-27-25-23-21-19-20-22-24-26-28-30-33-35-38-42-46-50-54-58-62-68(73)70-66(65-71)67(72)61-57-53-49-45-41-16-14-12-10-8-6-4-2/h11,13,17-19,21,25,27,57,61,66-67,71-72H,3-10,12,14-16,20,22-24,26,28-56,58-60,62-65H2,1-2H3,(H,70,73)/b13-11-,18-17-,21-19-,27-25-,61-57+. The molecule has 3 N–H and O–H groups in total. The van der Waals surface area contributed by atoms with Crippen molar-refractivity contribution in [3.63, 3.8) is 0 Å². The van der Waals surface area contributed by atoms with Crippen molar-refractivity contribution in [1.29, 1.82) is 0 Å². The van der Waals surface area contributed by atoms with E-state index < -0.39 is 12.1 Å². The number of nitrogens with one attached hydrogen (secondary N) is 1. The Hall–Kier alpha value is -2.44. The van der Waals surface area contributed by atoms with E-state index in [9.17, 15) is 19.8 Å². The molecule has 0 aliphatic heterocycles. The fraction of sp³-hybridized carbons (Fsp3) is 0.826. The fourth-order valence-corrected chi connectivity index (χ4v) is 9.93. The maximum absolute atomic E-state index is 12.4. The average molecular weight is 1050 g/mol. The summed E-state index contributed by atoms with van der Waals surface area (Å²) in [5.74, 6) is -0.0662. The molecule has 0 aromatic heterocycles. The molecule has 0 fully saturated rings. The zero-order valence-electron chi connectivity index (χ0n) is 50.0. The number of rotatable bonds is 61. The van der Waals surface area contributed by atoms with Crippen molar-refractivity contribution in [3.8, 4) is 0 Å². The van der Waals surface area contributed by atoms with Gasteiger partial charge in [0.2, 0.25) is 5.91 Å². The zero-order valence-corrected chi connectivity index (χ0v) is 50.0. The van der Waals surface area contributed by atoms with Crippen LogP contribution in [0.15, 0.2) is 60.8 Å². The van der Waals surface area contributed by atoms with Crippen LogP contribution in [0.2, 0.25) is 0 Å². The summed E-state index contributed by atoms with van der Waals surface area (Å²) in [6.45, 7) is 4.87. The van der Waals surface area contributed by atoms with Crippen LogP contribution in [0.4, 0.5) is 0 Å². The fourth-order valence-electron chi connectivity index (χ4n) is 9.93. The van der Waals surface area contributed by atoms with E-state index in [2.05, 4.69) is 67.8 Å². The Balaban J connectivity index is 3.41. The lowest BCUT2D eigenvalue weighted by Crippen LogP contribution is -2.45. The molecule has 1 amide bonds. The number of carbonyl (C=O) groups is 2. The van der Waals surface area contributed by atoms with Crippen LogP contribution in [-0.4, -0.2) is 47.4 Å².